The van der Waals surface area contributed by atoms with Crippen LogP contribution in [0.3, 0.4) is 0 Å². The Morgan fingerprint density at radius 1 is 1.33 bits per heavy atom. The highest BCUT2D eigenvalue weighted by Crippen LogP contribution is 2.19. The van der Waals surface area contributed by atoms with Crippen molar-refractivity contribution in [2.45, 2.75) is 13.3 Å². The van der Waals surface area contributed by atoms with Gasteiger partial charge in [-0.05, 0) is 43.8 Å². The maximum absolute atomic E-state index is 13.2. The molecule has 0 bridgehead atoms. The quantitative estimate of drug-likeness (QED) is 0.717. The van der Waals surface area contributed by atoms with Gasteiger partial charge in [0.25, 0.3) is 0 Å². The van der Waals surface area contributed by atoms with Crippen LogP contribution in [0.4, 0.5) is 4.39 Å². The van der Waals surface area contributed by atoms with E-state index in [-0.39, 0.29) is 5.82 Å². The number of nitrogens with zero attached hydrogens (tertiary/aromatic N) is 1. The van der Waals surface area contributed by atoms with Crippen LogP contribution in [0.5, 0.6) is 5.75 Å². The van der Waals surface area contributed by atoms with E-state index in [0.29, 0.717) is 0 Å². The first kappa shape index (κ1) is 14.9. The molecule has 0 aliphatic heterocycles. The van der Waals surface area contributed by atoms with Gasteiger partial charge < -0.3 is 15.0 Å². The van der Waals surface area contributed by atoms with E-state index >= 15 is 0 Å². The number of hydrogen-bond donors (Lipinski definition) is 1. The third kappa shape index (κ3) is 5.02. The molecule has 0 spiro atoms. The van der Waals surface area contributed by atoms with Crippen molar-refractivity contribution in [1.29, 1.82) is 0 Å². The third-order valence-corrected chi connectivity index (χ3v) is 2.93. The molecule has 0 fully saturated rings. The van der Waals surface area contributed by atoms with E-state index < -0.39 is 0 Å². The van der Waals surface area contributed by atoms with Gasteiger partial charge in [0.2, 0.25) is 0 Å². The molecule has 0 aliphatic carbocycles. The second kappa shape index (κ2) is 8.06. The molecule has 1 rings (SSSR count). The normalized spacial score (nSPS) is 10.9. The lowest BCUT2D eigenvalue weighted by atomic mass is 10.1. The number of hydrogen-bond acceptors (Lipinski definition) is 3. The minimum Gasteiger partial charge on any atom is -0.496 e. The minimum atomic E-state index is -0.207. The number of halogens is 1. The van der Waals surface area contributed by atoms with Crippen molar-refractivity contribution in [3.05, 3.63) is 29.6 Å². The molecule has 0 unspecified atom stereocenters. The Hall–Kier alpha value is -1.13. The number of ether oxygens (including phenoxy) is 1. The average Bonchev–Trinajstić information content (AvgIpc) is 2.37. The van der Waals surface area contributed by atoms with Crippen molar-refractivity contribution in [2.24, 2.45) is 0 Å². The molecule has 0 amide bonds. The first-order chi connectivity index (χ1) is 8.67. The number of nitrogens with one attached hydrogen (secondary N) is 1. The molecule has 1 N–H and O–H groups in total. The summed E-state index contributed by atoms with van der Waals surface area (Å²) in [5.74, 6) is 0.553. The maximum Gasteiger partial charge on any atom is 0.123 e. The zero-order valence-corrected chi connectivity index (χ0v) is 11.5. The molecule has 0 aromatic heterocycles. The molecule has 102 valence electrons. The third-order valence-electron chi connectivity index (χ3n) is 2.93. The summed E-state index contributed by atoms with van der Waals surface area (Å²) in [5, 5.41) is 3.28. The highest BCUT2D eigenvalue weighted by molar-refractivity contribution is 5.34. The molecular weight excluding hydrogens is 231 g/mol. The predicted molar refractivity (Wildman–Crippen MR) is 72.7 cm³/mol. The second-order valence-corrected chi connectivity index (χ2v) is 4.36. The summed E-state index contributed by atoms with van der Waals surface area (Å²) in [7, 11) is 3.69. The number of methoxy groups -OCH3 is 1. The summed E-state index contributed by atoms with van der Waals surface area (Å²) in [6, 6.07) is 4.66. The summed E-state index contributed by atoms with van der Waals surface area (Å²) < 4.78 is 18.4. The zero-order valence-electron chi connectivity index (χ0n) is 11.5. The first-order valence-corrected chi connectivity index (χ1v) is 6.39. The van der Waals surface area contributed by atoms with E-state index in [1.165, 1.54) is 6.07 Å². The standard InChI is InChI=1S/C14H23FN2O/c1-4-16-8-10-17(2)9-7-12-11-13(15)5-6-14(12)18-3/h5-6,11,16H,4,7-10H2,1-3H3. The van der Waals surface area contributed by atoms with Crippen LogP contribution in [0.15, 0.2) is 18.2 Å². The van der Waals surface area contributed by atoms with Gasteiger partial charge in [-0.25, -0.2) is 4.39 Å². The fourth-order valence-electron chi connectivity index (χ4n) is 1.81. The summed E-state index contributed by atoms with van der Waals surface area (Å²) in [4.78, 5) is 2.23. The molecule has 4 heteroatoms. The van der Waals surface area contributed by atoms with E-state index in [4.69, 9.17) is 4.74 Å². The van der Waals surface area contributed by atoms with E-state index in [1.54, 1.807) is 19.2 Å². The van der Waals surface area contributed by atoms with Crippen LogP contribution < -0.4 is 10.1 Å². The Kier molecular flexibility index (Phi) is 6.68. The van der Waals surface area contributed by atoms with Gasteiger partial charge in [-0.3, -0.25) is 0 Å². The van der Waals surface area contributed by atoms with Crippen molar-refractivity contribution in [3.8, 4) is 5.75 Å². The van der Waals surface area contributed by atoms with E-state index in [0.717, 1.165) is 43.9 Å². The molecule has 1 aromatic carbocycles. The van der Waals surface area contributed by atoms with Crippen molar-refractivity contribution >= 4 is 0 Å². The van der Waals surface area contributed by atoms with E-state index in [1.807, 2.05) is 0 Å². The number of rotatable bonds is 8. The molecule has 0 atom stereocenters. The van der Waals surface area contributed by atoms with Crippen molar-refractivity contribution in [2.75, 3.05) is 40.3 Å². The summed E-state index contributed by atoms with van der Waals surface area (Å²) in [6.45, 7) is 5.95. The Labute approximate surface area is 109 Å². The van der Waals surface area contributed by atoms with Gasteiger partial charge in [0.05, 0.1) is 7.11 Å². The van der Waals surface area contributed by atoms with Crippen LogP contribution in [0, 0.1) is 5.82 Å². The SMILES string of the molecule is CCNCCN(C)CCc1cc(F)ccc1OC. The largest absolute Gasteiger partial charge is 0.496 e. The highest BCUT2D eigenvalue weighted by Gasteiger charge is 2.06. The predicted octanol–water partition coefficient (Wildman–Crippen LogP) is 1.92. The number of likely N-dealkylation sites (N-methyl/N-ethyl adjacent to an activating group) is 2. The van der Waals surface area contributed by atoms with Gasteiger partial charge in [0, 0.05) is 19.6 Å². The van der Waals surface area contributed by atoms with Crippen LogP contribution in [0.2, 0.25) is 0 Å². The second-order valence-electron chi connectivity index (χ2n) is 4.36. The zero-order chi connectivity index (χ0) is 13.4. The average molecular weight is 254 g/mol. The smallest absolute Gasteiger partial charge is 0.123 e. The lowest BCUT2D eigenvalue weighted by molar-refractivity contribution is 0.333. The Morgan fingerprint density at radius 2 is 2.11 bits per heavy atom. The van der Waals surface area contributed by atoms with Gasteiger partial charge in [0.15, 0.2) is 0 Å². The summed E-state index contributed by atoms with van der Waals surface area (Å²) in [5.41, 5.74) is 0.924. The van der Waals surface area contributed by atoms with Gasteiger partial charge in [-0.2, -0.15) is 0 Å². The molecule has 0 heterocycles. The van der Waals surface area contributed by atoms with Crippen LogP contribution in [0.1, 0.15) is 12.5 Å². The van der Waals surface area contributed by atoms with Crippen LogP contribution in [-0.2, 0) is 6.42 Å². The fourth-order valence-corrected chi connectivity index (χ4v) is 1.81. The topological polar surface area (TPSA) is 24.5 Å². The summed E-state index contributed by atoms with van der Waals surface area (Å²) >= 11 is 0. The molecule has 1 aromatic rings. The lowest BCUT2D eigenvalue weighted by Gasteiger charge is -2.17. The van der Waals surface area contributed by atoms with Crippen molar-refractivity contribution in [1.82, 2.24) is 10.2 Å². The summed E-state index contributed by atoms with van der Waals surface area (Å²) in [6.07, 6.45) is 0.795. The molecule has 0 aliphatic rings. The van der Waals surface area contributed by atoms with Crippen LogP contribution in [-0.4, -0.2) is 45.2 Å². The highest BCUT2D eigenvalue weighted by atomic mass is 19.1. The van der Waals surface area contributed by atoms with Gasteiger partial charge in [0.1, 0.15) is 11.6 Å². The Bertz CT molecular complexity index is 358. The molecule has 0 radical (unpaired) electrons. The Balaban J connectivity index is 2.44. The van der Waals surface area contributed by atoms with Crippen molar-refractivity contribution in [3.63, 3.8) is 0 Å². The minimum absolute atomic E-state index is 0.207. The molecule has 3 nitrogen and oxygen atoms in total. The Morgan fingerprint density at radius 3 is 2.78 bits per heavy atom. The van der Waals surface area contributed by atoms with Crippen LogP contribution in [0.25, 0.3) is 0 Å². The van der Waals surface area contributed by atoms with Crippen molar-refractivity contribution < 1.29 is 9.13 Å². The number of benzene rings is 1. The molecule has 0 saturated heterocycles. The first-order valence-electron chi connectivity index (χ1n) is 6.39. The van der Waals surface area contributed by atoms with Gasteiger partial charge >= 0.3 is 0 Å². The van der Waals surface area contributed by atoms with E-state index in [9.17, 15) is 4.39 Å². The lowest BCUT2D eigenvalue weighted by Crippen LogP contribution is -2.30. The molecular formula is C14H23FN2O. The van der Waals surface area contributed by atoms with Gasteiger partial charge in [-0.1, -0.05) is 6.92 Å². The monoisotopic (exact) mass is 254 g/mol. The molecule has 18 heavy (non-hydrogen) atoms. The van der Waals surface area contributed by atoms with Gasteiger partial charge in [-0.15, -0.1) is 0 Å². The fraction of sp³-hybridized carbons (Fsp3) is 0.571. The maximum atomic E-state index is 13.2. The van der Waals surface area contributed by atoms with Crippen LogP contribution >= 0.6 is 0 Å². The van der Waals surface area contributed by atoms with E-state index in [2.05, 4.69) is 24.2 Å². The molecule has 0 saturated carbocycles.